The quantitative estimate of drug-likeness (QED) is 0.880. The Hall–Kier alpha value is -1.91. The van der Waals surface area contributed by atoms with Crippen LogP contribution in [0.5, 0.6) is 0 Å². The lowest BCUT2D eigenvalue weighted by Crippen LogP contribution is -2.32. The topological polar surface area (TPSA) is 51.2 Å². The minimum Gasteiger partial charge on any atom is -0.468 e. The first-order chi connectivity index (χ1) is 10.7. The molecule has 0 radical (unpaired) electrons. The number of benzene rings is 1. The van der Waals surface area contributed by atoms with Gasteiger partial charge in [0, 0.05) is 23.5 Å². The Balaban J connectivity index is 1.87. The van der Waals surface area contributed by atoms with E-state index in [2.05, 4.69) is 16.4 Å². The number of methoxy groups -OCH3 is 1. The first kappa shape index (κ1) is 15.0. The van der Waals surface area contributed by atoms with Crippen LogP contribution in [0.15, 0.2) is 42.7 Å². The van der Waals surface area contributed by atoms with Crippen molar-refractivity contribution < 1.29 is 9.53 Å². The van der Waals surface area contributed by atoms with Crippen molar-refractivity contribution in [2.45, 2.75) is 24.9 Å². The van der Waals surface area contributed by atoms with Crippen LogP contribution < -0.4 is 5.32 Å². The van der Waals surface area contributed by atoms with E-state index in [1.807, 2.05) is 24.3 Å². The molecule has 22 heavy (non-hydrogen) atoms. The summed E-state index contributed by atoms with van der Waals surface area (Å²) >= 11 is 6.25. The van der Waals surface area contributed by atoms with E-state index in [1.54, 1.807) is 12.4 Å². The molecule has 0 saturated carbocycles. The zero-order valence-corrected chi connectivity index (χ0v) is 13.0. The lowest BCUT2D eigenvalue weighted by Gasteiger charge is -2.22. The van der Waals surface area contributed by atoms with Gasteiger partial charge in [0.25, 0.3) is 0 Å². The molecule has 1 aromatic heterocycles. The summed E-state index contributed by atoms with van der Waals surface area (Å²) in [5.41, 5.74) is 3.12. The average molecular weight is 317 g/mol. The van der Waals surface area contributed by atoms with Crippen LogP contribution in [-0.2, 0) is 16.0 Å². The lowest BCUT2D eigenvalue weighted by atomic mass is 10.0. The molecule has 1 aliphatic carbocycles. The summed E-state index contributed by atoms with van der Waals surface area (Å²) in [6.07, 6.45) is 5.19. The third kappa shape index (κ3) is 2.85. The molecule has 2 atom stereocenters. The van der Waals surface area contributed by atoms with Crippen LogP contribution in [0.1, 0.15) is 35.2 Å². The monoisotopic (exact) mass is 316 g/mol. The van der Waals surface area contributed by atoms with E-state index in [4.69, 9.17) is 16.3 Å². The second-order valence-electron chi connectivity index (χ2n) is 5.31. The fourth-order valence-electron chi connectivity index (χ4n) is 2.95. The highest BCUT2D eigenvalue weighted by molar-refractivity contribution is 6.31. The molecule has 1 aromatic carbocycles. The number of hydrogen-bond acceptors (Lipinski definition) is 4. The SMILES string of the molecule is COC(=O)[C@H](N[C@@H]1CCc2c(Cl)cccc21)c1cccnc1. The molecule has 0 bridgehead atoms. The molecule has 0 spiro atoms. The first-order valence-corrected chi connectivity index (χ1v) is 7.59. The molecule has 1 N–H and O–H groups in total. The van der Waals surface area contributed by atoms with Gasteiger partial charge in [0.15, 0.2) is 0 Å². The van der Waals surface area contributed by atoms with Crippen molar-refractivity contribution in [1.29, 1.82) is 0 Å². The number of hydrogen-bond donors (Lipinski definition) is 1. The second-order valence-corrected chi connectivity index (χ2v) is 5.72. The van der Waals surface area contributed by atoms with Crippen molar-refractivity contribution >= 4 is 17.6 Å². The number of nitrogens with zero attached hydrogens (tertiary/aromatic N) is 1. The van der Waals surface area contributed by atoms with Crippen molar-refractivity contribution in [3.05, 3.63) is 64.4 Å². The summed E-state index contributed by atoms with van der Waals surface area (Å²) in [4.78, 5) is 16.2. The molecule has 0 unspecified atom stereocenters. The van der Waals surface area contributed by atoms with E-state index in [1.165, 1.54) is 7.11 Å². The summed E-state index contributed by atoms with van der Waals surface area (Å²) in [6.45, 7) is 0. The van der Waals surface area contributed by atoms with Gasteiger partial charge in [0.1, 0.15) is 6.04 Å². The van der Waals surface area contributed by atoms with Gasteiger partial charge in [-0.2, -0.15) is 0 Å². The number of rotatable bonds is 4. The Labute approximate surface area is 134 Å². The Bertz CT molecular complexity index is 676. The Kier molecular flexibility index (Phi) is 4.41. The number of halogens is 1. The van der Waals surface area contributed by atoms with Crippen LogP contribution in [0.3, 0.4) is 0 Å². The van der Waals surface area contributed by atoms with E-state index in [0.29, 0.717) is 0 Å². The third-order valence-corrected chi connectivity index (χ3v) is 4.39. The molecule has 0 saturated heterocycles. The Morgan fingerprint density at radius 2 is 2.27 bits per heavy atom. The zero-order chi connectivity index (χ0) is 15.5. The van der Waals surface area contributed by atoms with Crippen molar-refractivity contribution in [3.8, 4) is 0 Å². The molecule has 4 nitrogen and oxygen atoms in total. The van der Waals surface area contributed by atoms with E-state index < -0.39 is 6.04 Å². The molecule has 1 heterocycles. The minimum absolute atomic E-state index is 0.0815. The summed E-state index contributed by atoms with van der Waals surface area (Å²) in [5.74, 6) is -0.316. The summed E-state index contributed by atoms with van der Waals surface area (Å²) in [5, 5.41) is 4.18. The van der Waals surface area contributed by atoms with E-state index >= 15 is 0 Å². The van der Waals surface area contributed by atoms with Gasteiger partial charge < -0.3 is 4.74 Å². The average Bonchev–Trinajstić information content (AvgIpc) is 2.97. The van der Waals surface area contributed by atoms with Crippen molar-refractivity contribution in [2.75, 3.05) is 7.11 Å². The third-order valence-electron chi connectivity index (χ3n) is 4.04. The number of esters is 1. The molecule has 0 amide bonds. The summed E-state index contributed by atoms with van der Waals surface area (Å²) in [6, 6.07) is 9.14. The number of ether oxygens (including phenoxy) is 1. The zero-order valence-electron chi connectivity index (χ0n) is 12.3. The highest BCUT2D eigenvalue weighted by Crippen LogP contribution is 2.36. The largest absolute Gasteiger partial charge is 0.468 e. The van der Waals surface area contributed by atoms with Crippen molar-refractivity contribution in [2.24, 2.45) is 0 Å². The van der Waals surface area contributed by atoms with E-state index in [-0.39, 0.29) is 12.0 Å². The fraction of sp³-hybridized carbons (Fsp3) is 0.294. The maximum atomic E-state index is 12.1. The van der Waals surface area contributed by atoms with Gasteiger partial charge in [-0.05, 0) is 41.7 Å². The van der Waals surface area contributed by atoms with Gasteiger partial charge in [-0.1, -0.05) is 29.8 Å². The molecular formula is C17H17ClN2O2. The number of carbonyl (C=O) groups is 1. The fourth-order valence-corrected chi connectivity index (χ4v) is 3.23. The Morgan fingerprint density at radius 3 is 3.00 bits per heavy atom. The molecule has 1 aliphatic rings. The molecule has 5 heteroatoms. The predicted molar refractivity (Wildman–Crippen MR) is 84.6 cm³/mol. The molecule has 3 rings (SSSR count). The number of carbonyl (C=O) groups excluding carboxylic acids is 1. The summed E-state index contributed by atoms with van der Waals surface area (Å²) < 4.78 is 4.93. The molecular weight excluding hydrogens is 300 g/mol. The maximum Gasteiger partial charge on any atom is 0.327 e. The molecule has 0 aliphatic heterocycles. The maximum absolute atomic E-state index is 12.1. The first-order valence-electron chi connectivity index (χ1n) is 7.22. The second kappa shape index (κ2) is 6.46. The van der Waals surface area contributed by atoms with Gasteiger partial charge in [0.2, 0.25) is 0 Å². The van der Waals surface area contributed by atoms with Gasteiger partial charge >= 0.3 is 5.97 Å². The number of pyridine rings is 1. The van der Waals surface area contributed by atoms with Crippen LogP contribution in [-0.4, -0.2) is 18.1 Å². The van der Waals surface area contributed by atoms with Gasteiger partial charge in [-0.25, -0.2) is 4.79 Å². The standard InChI is InChI=1S/C17H17ClN2O2/c1-22-17(21)16(11-4-3-9-19-10-11)20-15-8-7-12-13(15)5-2-6-14(12)18/h2-6,9-10,15-16,20H,7-8H2,1H3/t15-,16-/m1/s1. The number of nitrogens with one attached hydrogen (secondary N) is 1. The predicted octanol–water partition coefficient (Wildman–Crippen LogP) is 3.23. The van der Waals surface area contributed by atoms with Gasteiger partial charge in [-0.15, -0.1) is 0 Å². The minimum atomic E-state index is -0.534. The van der Waals surface area contributed by atoms with Crippen LogP contribution in [0, 0.1) is 0 Å². The lowest BCUT2D eigenvalue weighted by molar-refractivity contribution is -0.143. The van der Waals surface area contributed by atoms with Crippen LogP contribution in [0.2, 0.25) is 5.02 Å². The highest BCUT2D eigenvalue weighted by atomic mass is 35.5. The molecule has 2 aromatic rings. The van der Waals surface area contributed by atoms with E-state index in [0.717, 1.165) is 34.6 Å². The summed E-state index contributed by atoms with van der Waals surface area (Å²) in [7, 11) is 1.40. The van der Waals surface area contributed by atoms with Gasteiger partial charge in [0.05, 0.1) is 7.11 Å². The van der Waals surface area contributed by atoms with Crippen LogP contribution in [0.4, 0.5) is 0 Å². The number of fused-ring (bicyclic) bond motifs is 1. The normalized spacial score (nSPS) is 17.8. The Morgan fingerprint density at radius 1 is 1.41 bits per heavy atom. The van der Waals surface area contributed by atoms with Crippen LogP contribution in [0.25, 0.3) is 0 Å². The van der Waals surface area contributed by atoms with Crippen molar-refractivity contribution in [3.63, 3.8) is 0 Å². The highest BCUT2D eigenvalue weighted by Gasteiger charge is 2.30. The van der Waals surface area contributed by atoms with E-state index in [9.17, 15) is 4.79 Å². The number of aromatic nitrogens is 1. The van der Waals surface area contributed by atoms with Gasteiger partial charge in [-0.3, -0.25) is 10.3 Å². The molecule has 114 valence electrons. The van der Waals surface area contributed by atoms with Crippen molar-refractivity contribution in [1.82, 2.24) is 10.3 Å². The smallest absolute Gasteiger partial charge is 0.327 e. The van der Waals surface area contributed by atoms with Crippen LogP contribution >= 0.6 is 11.6 Å². The molecule has 0 fully saturated rings.